The largest absolute Gasteiger partial charge is 0.348 e. The molecule has 0 radical (unpaired) electrons. The molecule has 1 aromatic rings. The molecule has 2 N–H and O–H groups in total. The number of aromatic nitrogens is 1. The Bertz CT molecular complexity index is 748. The maximum absolute atomic E-state index is 12.5. The van der Waals surface area contributed by atoms with E-state index in [1.54, 1.807) is 30.3 Å². The van der Waals surface area contributed by atoms with Gasteiger partial charge in [0.05, 0.1) is 0 Å². The molecule has 26 heavy (non-hydrogen) atoms. The summed E-state index contributed by atoms with van der Waals surface area (Å²) in [4.78, 5) is 49.4. The second kappa shape index (κ2) is 8.98. The summed E-state index contributed by atoms with van der Waals surface area (Å²) in [5.41, 5.74) is -0.141. The van der Waals surface area contributed by atoms with Gasteiger partial charge in [-0.3, -0.25) is 19.2 Å². The van der Waals surface area contributed by atoms with E-state index in [1.807, 2.05) is 0 Å². The SMILES string of the molecule is C=CCNC(=O)C(=O)NCC1CCN(C(=O)c2cccn(C)c2=O)CC1. The summed E-state index contributed by atoms with van der Waals surface area (Å²) in [5, 5.41) is 5.03. The number of amides is 3. The molecule has 0 bridgehead atoms. The van der Waals surface area contributed by atoms with Crippen molar-refractivity contribution in [3.05, 3.63) is 46.9 Å². The van der Waals surface area contributed by atoms with E-state index in [9.17, 15) is 19.2 Å². The first-order valence-electron chi connectivity index (χ1n) is 8.56. The van der Waals surface area contributed by atoms with Crippen molar-refractivity contribution in [3.63, 3.8) is 0 Å². The fraction of sp³-hybridized carbons (Fsp3) is 0.444. The molecular formula is C18H24N4O4. The predicted molar refractivity (Wildman–Crippen MR) is 96.5 cm³/mol. The number of likely N-dealkylation sites (tertiary alicyclic amines) is 1. The molecule has 2 rings (SSSR count). The van der Waals surface area contributed by atoms with E-state index in [-0.39, 0.29) is 29.5 Å². The van der Waals surface area contributed by atoms with Crippen molar-refractivity contribution in [2.45, 2.75) is 12.8 Å². The topological polar surface area (TPSA) is 101 Å². The zero-order valence-corrected chi connectivity index (χ0v) is 14.9. The van der Waals surface area contributed by atoms with Crippen LogP contribution in [0.25, 0.3) is 0 Å². The number of hydrogen-bond donors (Lipinski definition) is 2. The van der Waals surface area contributed by atoms with Crippen LogP contribution >= 0.6 is 0 Å². The van der Waals surface area contributed by atoms with E-state index in [0.29, 0.717) is 32.5 Å². The molecule has 0 spiro atoms. The summed E-state index contributed by atoms with van der Waals surface area (Å²) in [7, 11) is 1.61. The van der Waals surface area contributed by atoms with E-state index in [0.717, 1.165) is 0 Å². The number of piperidine rings is 1. The first kappa shape index (κ1) is 19.4. The first-order valence-corrected chi connectivity index (χ1v) is 8.56. The van der Waals surface area contributed by atoms with Crippen LogP contribution in [0.4, 0.5) is 0 Å². The van der Waals surface area contributed by atoms with Gasteiger partial charge in [-0.25, -0.2) is 0 Å². The van der Waals surface area contributed by atoms with Crippen molar-refractivity contribution in [2.24, 2.45) is 13.0 Å². The Morgan fingerprint density at radius 2 is 1.88 bits per heavy atom. The average Bonchev–Trinajstić information content (AvgIpc) is 2.66. The molecule has 8 heteroatoms. The minimum Gasteiger partial charge on any atom is -0.348 e. The molecule has 0 aromatic carbocycles. The van der Waals surface area contributed by atoms with Crippen molar-refractivity contribution in [3.8, 4) is 0 Å². The highest BCUT2D eigenvalue weighted by Crippen LogP contribution is 2.17. The van der Waals surface area contributed by atoms with Gasteiger partial charge in [-0.05, 0) is 30.9 Å². The van der Waals surface area contributed by atoms with Crippen LogP contribution in [0.1, 0.15) is 23.2 Å². The number of carbonyl (C=O) groups excluding carboxylic acids is 3. The smallest absolute Gasteiger partial charge is 0.309 e. The Morgan fingerprint density at radius 3 is 2.54 bits per heavy atom. The normalized spacial score (nSPS) is 14.6. The lowest BCUT2D eigenvalue weighted by Crippen LogP contribution is -2.45. The Kier molecular flexibility index (Phi) is 6.71. The molecule has 1 aliphatic rings. The van der Waals surface area contributed by atoms with Gasteiger partial charge >= 0.3 is 11.8 Å². The molecule has 1 aromatic heterocycles. The molecule has 0 atom stereocenters. The van der Waals surface area contributed by atoms with Gasteiger partial charge in [0.2, 0.25) is 0 Å². The Morgan fingerprint density at radius 1 is 1.23 bits per heavy atom. The van der Waals surface area contributed by atoms with Gasteiger partial charge in [-0.2, -0.15) is 0 Å². The van der Waals surface area contributed by atoms with Crippen LogP contribution in [-0.4, -0.2) is 53.4 Å². The lowest BCUT2D eigenvalue weighted by atomic mass is 9.96. The van der Waals surface area contributed by atoms with E-state index < -0.39 is 11.8 Å². The van der Waals surface area contributed by atoms with Crippen LogP contribution in [0.2, 0.25) is 0 Å². The van der Waals surface area contributed by atoms with Crippen LogP contribution in [0, 0.1) is 5.92 Å². The third kappa shape index (κ3) is 4.81. The molecule has 0 aliphatic carbocycles. The zero-order chi connectivity index (χ0) is 19.1. The maximum atomic E-state index is 12.5. The number of aryl methyl sites for hydroxylation is 1. The molecule has 0 unspecified atom stereocenters. The van der Waals surface area contributed by atoms with Crippen LogP contribution in [0.3, 0.4) is 0 Å². The summed E-state index contributed by atoms with van der Waals surface area (Å²) in [6, 6.07) is 3.22. The maximum Gasteiger partial charge on any atom is 0.309 e. The summed E-state index contributed by atoms with van der Waals surface area (Å²) in [6.45, 7) is 5.12. The van der Waals surface area contributed by atoms with E-state index in [2.05, 4.69) is 17.2 Å². The number of carbonyl (C=O) groups is 3. The highest BCUT2D eigenvalue weighted by Gasteiger charge is 2.26. The quantitative estimate of drug-likeness (QED) is 0.554. The molecule has 8 nitrogen and oxygen atoms in total. The molecule has 140 valence electrons. The second-order valence-corrected chi connectivity index (χ2v) is 6.28. The minimum absolute atomic E-state index is 0.167. The molecule has 1 saturated heterocycles. The van der Waals surface area contributed by atoms with Gasteiger partial charge < -0.3 is 20.1 Å². The summed E-state index contributed by atoms with van der Waals surface area (Å²) in [6.07, 6.45) is 4.51. The fourth-order valence-electron chi connectivity index (χ4n) is 2.83. The van der Waals surface area contributed by atoms with Crippen molar-refractivity contribution < 1.29 is 14.4 Å². The summed E-state index contributed by atoms with van der Waals surface area (Å²) >= 11 is 0. The molecular weight excluding hydrogens is 336 g/mol. The lowest BCUT2D eigenvalue weighted by Gasteiger charge is -2.32. The van der Waals surface area contributed by atoms with Gasteiger partial charge in [-0.15, -0.1) is 6.58 Å². The summed E-state index contributed by atoms with van der Waals surface area (Å²) < 4.78 is 1.38. The monoisotopic (exact) mass is 360 g/mol. The van der Waals surface area contributed by atoms with Crippen LogP contribution in [0.15, 0.2) is 35.8 Å². The molecule has 0 saturated carbocycles. The average molecular weight is 360 g/mol. The highest BCUT2D eigenvalue weighted by molar-refractivity contribution is 6.35. The number of rotatable bonds is 5. The number of nitrogens with one attached hydrogen (secondary N) is 2. The van der Waals surface area contributed by atoms with Crippen molar-refractivity contribution in [1.82, 2.24) is 20.1 Å². The van der Waals surface area contributed by atoms with E-state index in [4.69, 9.17) is 0 Å². The number of nitrogens with zero attached hydrogens (tertiary/aromatic N) is 2. The Hall–Kier alpha value is -2.90. The third-order valence-electron chi connectivity index (χ3n) is 4.42. The van der Waals surface area contributed by atoms with Crippen molar-refractivity contribution in [1.29, 1.82) is 0 Å². The molecule has 1 aliphatic heterocycles. The Labute approximate surface area is 151 Å². The van der Waals surface area contributed by atoms with Crippen molar-refractivity contribution in [2.75, 3.05) is 26.2 Å². The number of hydrogen-bond acceptors (Lipinski definition) is 4. The highest BCUT2D eigenvalue weighted by atomic mass is 16.2. The standard InChI is InChI=1S/C18H24N4O4/c1-3-8-19-15(23)16(24)20-12-13-6-10-22(11-7-13)18(26)14-5-4-9-21(2)17(14)25/h3-5,9,13H,1,6-8,10-12H2,2H3,(H,19,23)(H,20,24). The summed E-state index contributed by atoms with van der Waals surface area (Å²) in [5.74, 6) is -1.43. The van der Waals surface area contributed by atoms with E-state index >= 15 is 0 Å². The van der Waals surface area contributed by atoms with Gasteiger partial charge in [0, 0.05) is 39.4 Å². The molecule has 2 heterocycles. The van der Waals surface area contributed by atoms with Gasteiger partial charge in [-0.1, -0.05) is 6.08 Å². The molecule has 3 amide bonds. The fourth-order valence-corrected chi connectivity index (χ4v) is 2.83. The number of pyridine rings is 1. The first-order chi connectivity index (χ1) is 12.4. The lowest BCUT2D eigenvalue weighted by molar-refractivity contribution is -0.139. The van der Waals surface area contributed by atoms with Gasteiger partial charge in [0.1, 0.15) is 5.56 Å². The van der Waals surface area contributed by atoms with Crippen LogP contribution in [-0.2, 0) is 16.6 Å². The zero-order valence-electron chi connectivity index (χ0n) is 14.9. The second-order valence-electron chi connectivity index (χ2n) is 6.28. The van der Waals surface area contributed by atoms with Gasteiger partial charge in [0.25, 0.3) is 11.5 Å². The Balaban J connectivity index is 1.82. The van der Waals surface area contributed by atoms with Crippen LogP contribution in [0.5, 0.6) is 0 Å². The van der Waals surface area contributed by atoms with E-state index in [1.165, 1.54) is 10.6 Å². The van der Waals surface area contributed by atoms with Gasteiger partial charge in [0.15, 0.2) is 0 Å². The minimum atomic E-state index is -0.683. The third-order valence-corrected chi connectivity index (χ3v) is 4.42. The van der Waals surface area contributed by atoms with Crippen LogP contribution < -0.4 is 16.2 Å². The molecule has 1 fully saturated rings. The van der Waals surface area contributed by atoms with Crippen molar-refractivity contribution >= 4 is 17.7 Å². The predicted octanol–water partition coefficient (Wildman–Crippen LogP) is -0.344.